The van der Waals surface area contributed by atoms with Crippen LogP contribution in [-0.2, 0) is 22.5 Å². The molecule has 4 rings (SSSR count). The van der Waals surface area contributed by atoms with Crippen molar-refractivity contribution in [3.05, 3.63) is 94.5 Å². The van der Waals surface area contributed by atoms with Crippen molar-refractivity contribution in [1.82, 2.24) is 4.31 Å². The van der Waals surface area contributed by atoms with Gasteiger partial charge in [-0.15, -0.1) is 10.8 Å². The van der Waals surface area contributed by atoms with E-state index in [1.165, 1.54) is 11.1 Å². The molecule has 0 amide bonds. The Hall–Kier alpha value is -2.84. The van der Waals surface area contributed by atoms with Crippen molar-refractivity contribution in [1.29, 1.82) is 0 Å². The maximum atomic E-state index is 12.5. The van der Waals surface area contributed by atoms with Crippen LogP contribution in [-0.4, -0.2) is 38.6 Å². The summed E-state index contributed by atoms with van der Waals surface area (Å²) >= 11 is 0. The van der Waals surface area contributed by atoms with Crippen molar-refractivity contribution in [3.63, 3.8) is 0 Å². The van der Waals surface area contributed by atoms with E-state index < -0.39 is 10.8 Å². The number of esters is 1. The molecule has 204 valence electrons. The van der Waals surface area contributed by atoms with Gasteiger partial charge in [0, 0.05) is 6.54 Å². The standard InChI is InChI=1S/C31H39NO5S/c1-5-36-31(33)19-27(17-16-25-11-7-6-10-22(25)2)26-15-14-23(3)28(18-26)21-32-20-24(4)37-29-12-8-9-13-30(29)38(32,34)35/h6-15,18,24,27,34-35H,5,16-17,19-21H2,1-4H3/t24-,27?/m1/s1. The summed E-state index contributed by atoms with van der Waals surface area (Å²) in [6.07, 6.45) is 1.76. The molecule has 0 saturated carbocycles. The van der Waals surface area contributed by atoms with E-state index >= 15 is 0 Å². The molecule has 2 atom stereocenters. The Kier molecular flexibility index (Phi) is 9.15. The Morgan fingerprint density at radius 1 is 1.05 bits per heavy atom. The van der Waals surface area contributed by atoms with Crippen LogP contribution in [0.1, 0.15) is 60.4 Å². The van der Waals surface area contributed by atoms with E-state index in [0.29, 0.717) is 36.8 Å². The summed E-state index contributed by atoms with van der Waals surface area (Å²) in [5, 5.41) is 0. The summed E-state index contributed by atoms with van der Waals surface area (Å²) in [4.78, 5) is 13.0. The third-order valence-corrected chi connectivity index (χ3v) is 9.15. The normalized spacial score (nSPS) is 18.5. The van der Waals surface area contributed by atoms with Gasteiger partial charge in [0.2, 0.25) is 0 Å². The van der Waals surface area contributed by atoms with Gasteiger partial charge in [-0.25, -0.2) is 0 Å². The minimum Gasteiger partial charge on any atom is -0.487 e. The van der Waals surface area contributed by atoms with Gasteiger partial charge in [0.1, 0.15) is 16.7 Å². The predicted molar refractivity (Wildman–Crippen MR) is 153 cm³/mol. The van der Waals surface area contributed by atoms with E-state index in [-0.39, 0.29) is 18.0 Å². The molecule has 0 spiro atoms. The fraction of sp³-hybridized carbons (Fsp3) is 0.387. The van der Waals surface area contributed by atoms with Gasteiger partial charge in [-0.3, -0.25) is 13.9 Å². The number of carbonyl (C=O) groups excluding carboxylic acids is 1. The fourth-order valence-electron chi connectivity index (χ4n) is 5.05. The zero-order valence-electron chi connectivity index (χ0n) is 22.7. The molecule has 0 aromatic heterocycles. The van der Waals surface area contributed by atoms with Crippen molar-refractivity contribution < 1.29 is 23.4 Å². The Morgan fingerprint density at radius 2 is 1.76 bits per heavy atom. The van der Waals surface area contributed by atoms with E-state index in [4.69, 9.17) is 9.47 Å². The molecule has 3 aromatic rings. The second kappa shape index (κ2) is 12.3. The van der Waals surface area contributed by atoms with Crippen molar-refractivity contribution in [2.75, 3.05) is 13.2 Å². The van der Waals surface area contributed by atoms with Gasteiger partial charge in [-0.1, -0.05) is 54.6 Å². The molecule has 3 aromatic carbocycles. The molecule has 7 heteroatoms. The topological polar surface area (TPSA) is 79.2 Å². The quantitative estimate of drug-likeness (QED) is 0.279. The minimum absolute atomic E-state index is 0.0134. The number of aryl methyl sites for hydroxylation is 3. The van der Waals surface area contributed by atoms with Crippen LogP contribution in [0, 0.1) is 13.8 Å². The van der Waals surface area contributed by atoms with Crippen LogP contribution in [0.15, 0.2) is 71.6 Å². The highest BCUT2D eigenvalue weighted by atomic mass is 32.3. The average molecular weight is 538 g/mol. The lowest BCUT2D eigenvalue weighted by Crippen LogP contribution is -2.33. The zero-order chi connectivity index (χ0) is 27.3. The van der Waals surface area contributed by atoms with Crippen LogP contribution in [0.4, 0.5) is 0 Å². The first-order valence-corrected chi connectivity index (χ1v) is 14.8. The van der Waals surface area contributed by atoms with Gasteiger partial charge in [0.15, 0.2) is 0 Å². The van der Waals surface area contributed by atoms with Gasteiger partial charge in [-0.05, 0) is 86.4 Å². The Morgan fingerprint density at radius 3 is 2.53 bits per heavy atom. The number of fused-ring (bicyclic) bond motifs is 1. The molecule has 0 radical (unpaired) electrons. The van der Waals surface area contributed by atoms with Crippen molar-refractivity contribution >= 4 is 16.7 Å². The zero-order valence-corrected chi connectivity index (χ0v) is 23.5. The molecule has 38 heavy (non-hydrogen) atoms. The predicted octanol–water partition coefficient (Wildman–Crippen LogP) is 7.28. The third kappa shape index (κ3) is 6.59. The molecule has 0 bridgehead atoms. The molecular weight excluding hydrogens is 498 g/mol. The summed E-state index contributed by atoms with van der Waals surface area (Å²) in [5.41, 5.74) is 5.64. The lowest BCUT2D eigenvalue weighted by Gasteiger charge is -2.42. The summed E-state index contributed by atoms with van der Waals surface area (Å²) in [7, 11) is -3.24. The third-order valence-electron chi connectivity index (χ3n) is 7.23. The van der Waals surface area contributed by atoms with E-state index in [1.54, 1.807) is 22.5 Å². The Balaban J connectivity index is 1.62. The van der Waals surface area contributed by atoms with Crippen molar-refractivity contribution in [2.45, 2.75) is 70.4 Å². The molecular formula is C31H39NO5S. The first-order chi connectivity index (χ1) is 18.2. The fourth-order valence-corrected chi connectivity index (χ4v) is 6.71. The van der Waals surface area contributed by atoms with Gasteiger partial charge in [-0.2, -0.15) is 4.31 Å². The highest BCUT2D eigenvalue weighted by molar-refractivity contribution is 8.22. The number of para-hydroxylation sites is 1. The van der Waals surface area contributed by atoms with Crippen molar-refractivity contribution in [3.8, 4) is 5.75 Å². The number of hydrogen-bond acceptors (Lipinski definition) is 6. The van der Waals surface area contributed by atoms with E-state index in [1.807, 2.05) is 32.9 Å². The first-order valence-electron chi connectivity index (χ1n) is 13.3. The molecule has 1 unspecified atom stereocenters. The largest absolute Gasteiger partial charge is 0.487 e. The average Bonchev–Trinajstić information content (AvgIpc) is 2.97. The van der Waals surface area contributed by atoms with Crippen LogP contribution in [0.3, 0.4) is 0 Å². The van der Waals surface area contributed by atoms with E-state index in [2.05, 4.69) is 43.3 Å². The second-order valence-corrected chi connectivity index (χ2v) is 12.1. The number of ether oxygens (including phenoxy) is 2. The lowest BCUT2D eigenvalue weighted by molar-refractivity contribution is -0.143. The van der Waals surface area contributed by atoms with Crippen LogP contribution >= 0.6 is 10.8 Å². The summed E-state index contributed by atoms with van der Waals surface area (Å²) in [5.74, 6) is 0.299. The number of benzene rings is 3. The van der Waals surface area contributed by atoms with Gasteiger partial charge < -0.3 is 9.47 Å². The van der Waals surface area contributed by atoms with Crippen LogP contribution in [0.2, 0.25) is 0 Å². The van der Waals surface area contributed by atoms with E-state index in [9.17, 15) is 13.9 Å². The van der Waals surface area contributed by atoms with Crippen LogP contribution in [0.25, 0.3) is 0 Å². The van der Waals surface area contributed by atoms with Gasteiger partial charge in [0.25, 0.3) is 0 Å². The Labute approximate surface area is 228 Å². The SMILES string of the molecule is CCOC(=O)CC(CCc1ccccc1C)c1ccc(C)c(CN2C[C@@H](C)Oc3ccccc3S2(O)O)c1. The highest BCUT2D eigenvalue weighted by Gasteiger charge is 2.34. The number of carbonyl (C=O) groups is 1. The Bertz CT molecular complexity index is 1260. The smallest absolute Gasteiger partial charge is 0.306 e. The number of hydrogen-bond donors (Lipinski definition) is 2. The lowest BCUT2D eigenvalue weighted by atomic mass is 9.87. The summed E-state index contributed by atoms with van der Waals surface area (Å²) in [6, 6.07) is 21.8. The first kappa shape index (κ1) is 28.2. The monoisotopic (exact) mass is 537 g/mol. The number of rotatable bonds is 9. The van der Waals surface area contributed by atoms with Crippen LogP contribution in [0.5, 0.6) is 5.75 Å². The highest BCUT2D eigenvalue weighted by Crippen LogP contribution is 2.57. The number of nitrogens with zero attached hydrogens (tertiary/aromatic N) is 1. The van der Waals surface area contributed by atoms with Crippen LogP contribution < -0.4 is 4.74 Å². The second-order valence-electron chi connectivity index (χ2n) is 10.1. The molecule has 2 N–H and O–H groups in total. The molecule has 1 heterocycles. The molecule has 0 fully saturated rings. The van der Waals surface area contributed by atoms with Crippen molar-refractivity contribution in [2.24, 2.45) is 0 Å². The molecule has 0 saturated heterocycles. The molecule has 1 aliphatic heterocycles. The van der Waals surface area contributed by atoms with Gasteiger partial charge >= 0.3 is 5.97 Å². The maximum Gasteiger partial charge on any atom is 0.306 e. The summed E-state index contributed by atoms with van der Waals surface area (Å²) < 4.78 is 35.7. The van der Waals surface area contributed by atoms with Gasteiger partial charge in [0.05, 0.1) is 19.6 Å². The molecule has 0 aliphatic carbocycles. The maximum absolute atomic E-state index is 12.5. The van der Waals surface area contributed by atoms with E-state index in [0.717, 1.165) is 29.5 Å². The summed E-state index contributed by atoms with van der Waals surface area (Å²) in [6.45, 7) is 9.00. The molecule has 6 nitrogen and oxygen atoms in total. The minimum atomic E-state index is -3.24. The molecule has 1 aliphatic rings.